The molecule has 0 fully saturated rings. The second kappa shape index (κ2) is 10.1. The molecule has 0 N–H and O–H groups in total. The van der Waals surface area contributed by atoms with E-state index in [2.05, 4.69) is 9.97 Å². The number of benzene rings is 2. The summed E-state index contributed by atoms with van der Waals surface area (Å²) in [6.07, 6.45) is -4.52. The fourth-order valence-electron chi connectivity index (χ4n) is 2.65. The summed E-state index contributed by atoms with van der Waals surface area (Å²) >= 11 is 0. The Kier molecular flexibility index (Phi) is 7.21. The van der Waals surface area contributed by atoms with Crippen LogP contribution < -0.4 is 18.9 Å². The van der Waals surface area contributed by atoms with Gasteiger partial charge < -0.3 is 23.7 Å². The van der Waals surface area contributed by atoms with Gasteiger partial charge in [-0.1, -0.05) is 6.07 Å². The summed E-state index contributed by atoms with van der Waals surface area (Å²) in [6.45, 7) is 1.72. The zero-order valence-electron chi connectivity index (χ0n) is 17.8. The van der Waals surface area contributed by atoms with Gasteiger partial charge in [-0.3, -0.25) is 0 Å². The van der Waals surface area contributed by atoms with Crippen LogP contribution in [0.5, 0.6) is 35.0 Å². The maximum absolute atomic E-state index is 13.0. The fraction of sp³-hybridized carbons (Fsp3) is 0.227. The highest BCUT2D eigenvalue weighted by atomic mass is 19.4. The number of methoxy groups -OCH3 is 2. The number of rotatable bonds is 8. The molecule has 2 aromatic carbocycles. The number of ether oxygens (including phenoxy) is 5. The van der Waals surface area contributed by atoms with E-state index in [1.165, 1.54) is 50.6 Å². The normalized spacial score (nSPS) is 11.0. The van der Waals surface area contributed by atoms with Gasteiger partial charge in [0.25, 0.3) is 0 Å². The Hall–Kier alpha value is -4.02. The minimum absolute atomic E-state index is 0.0217. The first kappa shape index (κ1) is 23.6. The van der Waals surface area contributed by atoms with Crippen molar-refractivity contribution < 1.29 is 41.7 Å². The van der Waals surface area contributed by atoms with Crippen molar-refractivity contribution in [1.29, 1.82) is 0 Å². The van der Waals surface area contributed by atoms with Gasteiger partial charge in [-0.2, -0.15) is 23.1 Å². The first-order valence-electron chi connectivity index (χ1n) is 9.54. The molecule has 0 aliphatic carbocycles. The zero-order chi connectivity index (χ0) is 24.0. The molecule has 0 bridgehead atoms. The second-order valence-electron chi connectivity index (χ2n) is 6.34. The van der Waals surface area contributed by atoms with E-state index in [4.69, 9.17) is 23.7 Å². The Morgan fingerprint density at radius 2 is 1.64 bits per heavy atom. The molecule has 0 aliphatic heterocycles. The van der Waals surface area contributed by atoms with Crippen LogP contribution in [0.2, 0.25) is 0 Å². The average molecular weight is 464 g/mol. The number of carbonyl (C=O) groups excluding carboxylic acids is 1. The molecule has 0 atom stereocenters. The van der Waals surface area contributed by atoms with E-state index in [1.54, 1.807) is 6.92 Å². The van der Waals surface area contributed by atoms with Crippen molar-refractivity contribution >= 4 is 5.97 Å². The maximum Gasteiger partial charge on any atom is 0.416 e. The van der Waals surface area contributed by atoms with E-state index in [0.717, 1.165) is 12.1 Å². The zero-order valence-corrected chi connectivity index (χ0v) is 17.8. The molecule has 0 aliphatic rings. The predicted octanol–water partition coefficient (Wildman–Crippen LogP) is 5.27. The molecule has 1 heterocycles. The molecular weight excluding hydrogens is 445 g/mol. The molecule has 0 amide bonds. The minimum atomic E-state index is -4.52. The van der Waals surface area contributed by atoms with Crippen molar-refractivity contribution in [2.24, 2.45) is 0 Å². The third-order valence-electron chi connectivity index (χ3n) is 4.11. The van der Waals surface area contributed by atoms with Crippen LogP contribution in [0.25, 0.3) is 0 Å². The standard InChI is InChI=1S/C22H19F3N2O6/c1-4-31-20(28)16-11-15(32-14-7-5-6-13(10-14)22(23,24)25)8-9-17(16)33-19-12-18(29-2)26-21(27-19)30-3/h5-12H,4H2,1-3H3. The van der Waals surface area contributed by atoms with Crippen LogP contribution in [0.4, 0.5) is 13.2 Å². The van der Waals surface area contributed by atoms with E-state index in [-0.39, 0.29) is 47.2 Å². The van der Waals surface area contributed by atoms with Gasteiger partial charge >= 0.3 is 18.2 Å². The largest absolute Gasteiger partial charge is 0.481 e. The lowest BCUT2D eigenvalue weighted by molar-refractivity contribution is -0.137. The van der Waals surface area contributed by atoms with Crippen LogP contribution in [0.15, 0.2) is 48.5 Å². The number of carbonyl (C=O) groups is 1. The highest BCUT2D eigenvalue weighted by Gasteiger charge is 2.30. The van der Waals surface area contributed by atoms with Crippen molar-refractivity contribution in [1.82, 2.24) is 9.97 Å². The summed E-state index contributed by atoms with van der Waals surface area (Å²) in [4.78, 5) is 20.5. The Bertz CT molecular complexity index is 1120. The summed E-state index contributed by atoms with van der Waals surface area (Å²) in [5.41, 5.74) is -0.893. The van der Waals surface area contributed by atoms with Gasteiger partial charge in [0.2, 0.25) is 11.8 Å². The van der Waals surface area contributed by atoms with Crippen LogP contribution in [0, 0.1) is 0 Å². The summed E-state index contributed by atoms with van der Waals surface area (Å²) < 4.78 is 65.3. The summed E-state index contributed by atoms with van der Waals surface area (Å²) in [7, 11) is 2.76. The van der Waals surface area contributed by atoms with E-state index in [9.17, 15) is 18.0 Å². The van der Waals surface area contributed by atoms with Crippen molar-refractivity contribution in [3.05, 3.63) is 59.7 Å². The highest BCUT2D eigenvalue weighted by molar-refractivity contribution is 5.93. The van der Waals surface area contributed by atoms with Gasteiger partial charge in [-0.25, -0.2) is 4.79 Å². The summed E-state index contributed by atoms with van der Waals surface area (Å²) in [5, 5.41) is 0. The molecule has 11 heteroatoms. The third kappa shape index (κ3) is 6.03. The van der Waals surface area contributed by atoms with Crippen molar-refractivity contribution in [2.45, 2.75) is 13.1 Å². The van der Waals surface area contributed by atoms with Gasteiger partial charge in [0, 0.05) is 0 Å². The third-order valence-corrected chi connectivity index (χ3v) is 4.11. The van der Waals surface area contributed by atoms with Gasteiger partial charge in [-0.15, -0.1) is 0 Å². The van der Waals surface area contributed by atoms with Crippen molar-refractivity contribution in [2.75, 3.05) is 20.8 Å². The first-order valence-corrected chi connectivity index (χ1v) is 9.54. The monoisotopic (exact) mass is 464 g/mol. The molecule has 1 aromatic heterocycles. The van der Waals surface area contributed by atoms with Crippen molar-refractivity contribution in [3.63, 3.8) is 0 Å². The first-order chi connectivity index (χ1) is 15.7. The lowest BCUT2D eigenvalue weighted by Crippen LogP contribution is -2.07. The molecule has 0 unspecified atom stereocenters. The number of esters is 1. The lowest BCUT2D eigenvalue weighted by Gasteiger charge is -2.14. The van der Waals surface area contributed by atoms with Gasteiger partial charge in [0.15, 0.2) is 0 Å². The van der Waals surface area contributed by atoms with E-state index in [1.807, 2.05) is 0 Å². The number of hydrogen-bond acceptors (Lipinski definition) is 8. The summed E-state index contributed by atoms with van der Waals surface area (Å²) in [6, 6.07) is 9.84. The van der Waals surface area contributed by atoms with E-state index < -0.39 is 17.7 Å². The van der Waals surface area contributed by atoms with Gasteiger partial charge in [-0.05, 0) is 43.3 Å². The number of aromatic nitrogens is 2. The van der Waals surface area contributed by atoms with E-state index >= 15 is 0 Å². The van der Waals surface area contributed by atoms with Crippen molar-refractivity contribution in [3.8, 4) is 35.0 Å². The Morgan fingerprint density at radius 3 is 2.30 bits per heavy atom. The number of halogens is 3. The van der Waals surface area contributed by atoms with Crippen LogP contribution in [-0.2, 0) is 10.9 Å². The molecule has 8 nitrogen and oxygen atoms in total. The molecule has 3 aromatic rings. The summed E-state index contributed by atoms with van der Waals surface area (Å²) in [5.74, 6) is -0.432. The average Bonchev–Trinajstić information content (AvgIpc) is 2.79. The van der Waals surface area contributed by atoms with Crippen LogP contribution in [0.1, 0.15) is 22.8 Å². The number of alkyl halides is 3. The molecule has 33 heavy (non-hydrogen) atoms. The molecule has 0 spiro atoms. The molecular formula is C22H19F3N2O6. The molecule has 3 rings (SSSR count). The van der Waals surface area contributed by atoms with Crippen LogP contribution >= 0.6 is 0 Å². The lowest BCUT2D eigenvalue weighted by atomic mass is 10.2. The van der Waals surface area contributed by atoms with Crippen LogP contribution in [-0.4, -0.2) is 36.8 Å². The van der Waals surface area contributed by atoms with E-state index in [0.29, 0.717) is 0 Å². The van der Waals surface area contributed by atoms with Gasteiger partial charge in [0.1, 0.15) is 22.8 Å². The predicted molar refractivity (Wildman–Crippen MR) is 109 cm³/mol. The molecule has 0 saturated heterocycles. The Morgan fingerprint density at radius 1 is 0.909 bits per heavy atom. The van der Waals surface area contributed by atoms with Gasteiger partial charge in [0.05, 0.1) is 32.5 Å². The minimum Gasteiger partial charge on any atom is -0.481 e. The number of hydrogen-bond donors (Lipinski definition) is 0. The van der Waals surface area contributed by atoms with Crippen LogP contribution in [0.3, 0.4) is 0 Å². The Balaban J connectivity index is 1.94. The SMILES string of the molecule is CCOC(=O)c1cc(Oc2cccc(C(F)(F)F)c2)ccc1Oc1cc(OC)nc(OC)n1. The smallest absolute Gasteiger partial charge is 0.416 e. The fourth-order valence-corrected chi connectivity index (χ4v) is 2.65. The highest BCUT2D eigenvalue weighted by Crippen LogP contribution is 2.35. The molecule has 174 valence electrons. The second-order valence-corrected chi connectivity index (χ2v) is 6.34. The molecule has 0 radical (unpaired) electrons. The quantitative estimate of drug-likeness (QED) is 0.417. The topological polar surface area (TPSA) is 89.0 Å². The Labute approximate surface area is 186 Å². The molecule has 0 saturated carbocycles. The maximum atomic E-state index is 13.0. The number of nitrogens with zero attached hydrogens (tertiary/aromatic N) is 2.